The molecule has 1 saturated heterocycles. The molecule has 196 valence electrons. The van der Waals surface area contributed by atoms with Gasteiger partial charge in [0.05, 0.1) is 24.1 Å². The molecule has 0 unspecified atom stereocenters. The van der Waals surface area contributed by atoms with E-state index in [4.69, 9.17) is 9.47 Å². The van der Waals surface area contributed by atoms with Crippen LogP contribution in [0.5, 0.6) is 5.75 Å². The van der Waals surface area contributed by atoms with Crippen molar-refractivity contribution in [2.75, 3.05) is 30.8 Å². The van der Waals surface area contributed by atoms with Crippen LogP contribution in [0.25, 0.3) is 0 Å². The summed E-state index contributed by atoms with van der Waals surface area (Å²) in [6, 6.07) is 12.0. The van der Waals surface area contributed by atoms with Crippen molar-refractivity contribution in [1.29, 1.82) is 0 Å². The van der Waals surface area contributed by atoms with Gasteiger partial charge in [0, 0.05) is 25.0 Å². The van der Waals surface area contributed by atoms with Crippen molar-refractivity contribution >= 4 is 29.2 Å². The van der Waals surface area contributed by atoms with Crippen LogP contribution in [0.3, 0.4) is 0 Å². The molecular weight excluding hydrogens is 472 g/mol. The van der Waals surface area contributed by atoms with E-state index in [-0.39, 0.29) is 36.7 Å². The van der Waals surface area contributed by atoms with Gasteiger partial charge in [-0.25, -0.2) is 4.79 Å². The Hall–Kier alpha value is -3.59. The molecule has 9 heteroatoms. The third-order valence-electron chi connectivity index (χ3n) is 7.36. The van der Waals surface area contributed by atoms with Gasteiger partial charge >= 0.3 is 6.03 Å². The van der Waals surface area contributed by atoms with Gasteiger partial charge in [0.2, 0.25) is 5.91 Å². The molecule has 2 aliphatic heterocycles. The van der Waals surface area contributed by atoms with Gasteiger partial charge in [0.25, 0.3) is 5.91 Å². The Morgan fingerprint density at radius 2 is 1.86 bits per heavy atom. The molecule has 1 aliphatic carbocycles. The zero-order valence-electron chi connectivity index (χ0n) is 21.3. The average Bonchev–Trinajstić information content (AvgIpc) is 3.71. The summed E-state index contributed by atoms with van der Waals surface area (Å²) >= 11 is 0. The van der Waals surface area contributed by atoms with Gasteiger partial charge < -0.3 is 30.3 Å². The summed E-state index contributed by atoms with van der Waals surface area (Å²) in [5, 5.41) is 8.63. The van der Waals surface area contributed by atoms with E-state index in [9.17, 15) is 14.4 Å². The van der Waals surface area contributed by atoms with E-state index in [0.29, 0.717) is 41.4 Å². The second-order valence-corrected chi connectivity index (χ2v) is 10.2. The first-order valence-corrected chi connectivity index (χ1v) is 13.0. The predicted molar refractivity (Wildman–Crippen MR) is 140 cm³/mol. The lowest BCUT2D eigenvalue weighted by atomic mass is 9.94. The lowest BCUT2D eigenvalue weighted by molar-refractivity contribution is -0.134. The molecule has 2 fully saturated rings. The summed E-state index contributed by atoms with van der Waals surface area (Å²) in [6.45, 7) is 2.94. The fourth-order valence-electron chi connectivity index (χ4n) is 4.96. The van der Waals surface area contributed by atoms with Crippen LogP contribution in [0.4, 0.5) is 16.2 Å². The third-order valence-corrected chi connectivity index (χ3v) is 7.36. The highest BCUT2D eigenvalue weighted by Crippen LogP contribution is 2.33. The molecule has 1 saturated carbocycles. The van der Waals surface area contributed by atoms with Crippen LogP contribution in [-0.4, -0.2) is 61.2 Å². The van der Waals surface area contributed by atoms with Crippen LogP contribution in [0, 0.1) is 12.8 Å². The molecular formula is C28H34N4O5. The number of likely N-dealkylation sites (N-methyl/N-ethyl adjacent to an activating group) is 1. The number of carbonyl (C=O) groups excluding carboxylic acids is 3. The van der Waals surface area contributed by atoms with E-state index in [2.05, 4.69) is 16.0 Å². The Bertz CT molecular complexity index is 1180. The van der Waals surface area contributed by atoms with Crippen molar-refractivity contribution in [3.8, 4) is 5.75 Å². The van der Waals surface area contributed by atoms with Crippen molar-refractivity contribution in [2.45, 2.75) is 57.3 Å². The summed E-state index contributed by atoms with van der Waals surface area (Å²) in [7, 11) is 1.77. The fourth-order valence-corrected chi connectivity index (χ4v) is 4.96. The lowest BCUT2D eigenvalue weighted by Gasteiger charge is -2.42. The Labute approximate surface area is 216 Å². The smallest absolute Gasteiger partial charge is 0.323 e. The topological polar surface area (TPSA) is 109 Å². The quantitative estimate of drug-likeness (QED) is 0.550. The number of hydrogen-bond acceptors (Lipinski definition) is 5. The summed E-state index contributed by atoms with van der Waals surface area (Å²) in [5.74, 6) is 0.894. The predicted octanol–water partition coefficient (Wildman–Crippen LogP) is 3.94. The number of carbonyl (C=O) groups is 3. The zero-order valence-corrected chi connectivity index (χ0v) is 21.3. The Morgan fingerprint density at radius 3 is 2.65 bits per heavy atom. The maximum Gasteiger partial charge on any atom is 0.323 e. The molecule has 0 spiro atoms. The lowest BCUT2D eigenvalue weighted by Crippen LogP contribution is -2.54. The van der Waals surface area contributed by atoms with Crippen molar-refractivity contribution in [2.24, 2.45) is 5.92 Å². The zero-order chi connectivity index (χ0) is 25.9. The van der Waals surface area contributed by atoms with Crippen molar-refractivity contribution < 1.29 is 23.9 Å². The number of rotatable bonds is 6. The Morgan fingerprint density at radius 1 is 1.05 bits per heavy atom. The van der Waals surface area contributed by atoms with Crippen molar-refractivity contribution in [3.05, 3.63) is 53.6 Å². The number of aryl methyl sites for hydroxylation is 1. The SMILES string of the molecule is Cc1ccccc1NC(=O)Nc1ccc2c(c1)C(=O)N(C)[C@H]1CC[C@H](CC(=O)NCC3CC3)O[C@@H]1CO2. The maximum absolute atomic E-state index is 13.4. The summed E-state index contributed by atoms with van der Waals surface area (Å²) in [4.78, 5) is 40.0. The van der Waals surface area contributed by atoms with Crippen LogP contribution in [-0.2, 0) is 9.53 Å². The highest BCUT2D eigenvalue weighted by molar-refractivity contribution is 6.02. The van der Waals surface area contributed by atoms with E-state index in [1.54, 1.807) is 30.1 Å². The summed E-state index contributed by atoms with van der Waals surface area (Å²) < 4.78 is 12.3. The number of nitrogens with one attached hydrogen (secondary N) is 3. The molecule has 0 bridgehead atoms. The van der Waals surface area contributed by atoms with Gasteiger partial charge in [0.1, 0.15) is 18.5 Å². The standard InChI is InChI=1S/C28H34N4O5/c1-17-5-3-4-6-22(17)31-28(35)30-19-9-12-24-21(13-19)27(34)32(2)23-11-10-20(37-25(23)16-36-24)14-26(33)29-15-18-7-8-18/h3-6,9,12-13,18,20,23,25H,7-8,10-11,14-16H2,1-2H3,(H,29,33)(H2,30,31,35)/t20-,23+,25-/m1/s1. The van der Waals surface area contributed by atoms with Gasteiger partial charge in [-0.2, -0.15) is 0 Å². The van der Waals surface area contributed by atoms with Gasteiger partial charge in [-0.05, 0) is 68.4 Å². The molecule has 2 heterocycles. The van der Waals surface area contributed by atoms with E-state index in [1.165, 1.54) is 12.8 Å². The molecule has 3 atom stereocenters. The Kier molecular flexibility index (Phi) is 7.32. The first-order chi connectivity index (χ1) is 17.9. The van der Waals surface area contributed by atoms with Gasteiger partial charge in [-0.1, -0.05) is 18.2 Å². The van der Waals surface area contributed by atoms with Crippen LogP contribution in [0.2, 0.25) is 0 Å². The monoisotopic (exact) mass is 506 g/mol. The van der Waals surface area contributed by atoms with E-state index in [1.807, 2.05) is 31.2 Å². The van der Waals surface area contributed by atoms with Crippen LogP contribution < -0.4 is 20.7 Å². The molecule has 3 aliphatic rings. The van der Waals surface area contributed by atoms with Crippen LogP contribution in [0.1, 0.15) is 48.0 Å². The molecule has 4 amide bonds. The van der Waals surface area contributed by atoms with Crippen molar-refractivity contribution in [3.63, 3.8) is 0 Å². The van der Waals surface area contributed by atoms with Gasteiger partial charge in [-0.3, -0.25) is 9.59 Å². The van der Waals surface area contributed by atoms with Crippen LogP contribution in [0.15, 0.2) is 42.5 Å². The molecule has 3 N–H and O–H groups in total. The summed E-state index contributed by atoms with van der Waals surface area (Å²) in [6.07, 6.45) is 3.62. The molecule has 2 aromatic rings. The Balaban J connectivity index is 1.23. The third kappa shape index (κ3) is 6.05. The van der Waals surface area contributed by atoms with E-state index >= 15 is 0 Å². The second-order valence-electron chi connectivity index (χ2n) is 10.2. The number of benzene rings is 2. The number of para-hydroxylation sites is 1. The number of nitrogens with zero attached hydrogens (tertiary/aromatic N) is 1. The highest BCUT2D eigenvalue weighted by Gasteiger charge is 2.39. The molecule has 0 aromatic heterocycles. The number of fused-ring (bicyclic) bond motifs is 2. The number of anilines is 2. The maximum atomic E-state index is 13.4. The molecule has 9 nitrogen and oxygen atoms in total. The van der Waals surface area contributed by atoms with Gasteiger partial charge in [0.15, 0.2) is 0 Å². The highest BCUT2D eigenvalue weighted by atomic mass is 16.5. The first kappa shape index (κ1) is 25.1. The number of hydrogen-bond donors (Lipinski definition) is 3. The average molecular weight is 507 g/mol. The van der Waals surface area contributed by atoms with Gasteiger partial charge in [-0.15, -0.1) is 0 Å². The minimum atomic E-state index is -0.394. The van der Waals surface area contributed by atoms with Crippen molar-refractivity contribution in [1.82, 2.24) is 10.2 Å². The summed E-state index contributed by atoms with van der Waals surface area (Å²) in [5.41, 5.74) is 2.54. The number of ether oxygens (including phenoxy) is 2. The minimum absolute atomic E-state index is 0.0170. The number of urea groups is 1. The molecule has 0 radical (unpaired) electrons. The fraction of sp³-hybridized carbons (Fsp3) is 0.464. The number of amides is 4. The largest absolute Gasteiger partial charge is 0.490 e. The van der Waals surface area contributed by atoms with E-state index < -0.39 is 6.03 Å². The molecule has 37 heavy (non-hydrogen) atoms. The second kappa shape index (κ2) is 10.8. The van der Waals surface area contributed by atoms with E-state index in [0.717, 1.165) is 18.5 Å². The normalized spacial score (nSPS) is 23.0. The first-order valence-electron chi connectivity index (χ1n) is 13.0. The molecule has 2 aromatic carbocycles. The minimum Gasteiger partial charge on any atom is -0.490 e. The molecule has 5 rings (SSSR count). The van der Waals surface area contributed by atoms with Crippen LogP contribution >= 0.6 is 0 Å².